The smallest absolute Gasteiger partial charge is 0.248 e. The molecule has 0 bridgehead atoms. The van der Waals surface area contributed by atoms with Crippen molar-refractivity contribution in [2.75, 3.05) is 13.2 Å². The number of rotatable bonds is 2. The third-order valence-electron chi connectivity index (χ3n) is 4.05. The van der Waals surface area contributed by atoms with Gasteiger partial charge in [0.15, 0.2) is 0 Å². The second kappa shape index (κ2) is 4.81. The van der Waals surface area contributed by atoms with Crippen LogP contribution < -0.4 is 5.32 Å². The molecule has 1 saturated heterocycles. The molecule has 1 atom stereocenters. The highest BCUT2D eigenvalue weighted by Gasteiger charge is 2.49. The zero-order chi connectivity index (χ0) is 12.5. The van der Waals surface area contributed by atoms with Gasteiger partial charge in [0, 0.05) is 25.4 Å². The van der Waals surface area contributed by atoms with E-state index in [2.05, 4.69) is 19.2 Å². The van der Waals surface area contributed by atoms with Gasteiger partial charge in [-0.3, -0.25) is 0 Å². The number of morpholine rings is 1. The van der Waals surface area contributed by atoms with Crippen molar-refractivity contribution in [2.24, 2.45) is 5.92 Å². The zero-order valence-electron chi connectivity index (χ0n) is 10.8. The molecule has 1 spiro atoms. The fourth-order valence-electron chi connectivity index (χ4n) is 3.08. The lowest BCUT2D eigenvalue weighted by Crippen LogP contribution is -2.60. The molecule has 0 aromatic heterocycles. The molecular formula is C13H23F2NO. The summed E-state index contributed by atoms with van der Waals surface area (Å²) in [5, 5.41) is 3.47. The summed E-state index contributed by atoms with van der Waals surface area (Å²) < 4.78 is 32.4. The number of hydrogen-bond donors (Lipinski definition) is 1. The van der Waals surface area contributed by atoms with E-state index in [4.69, 9.17) is 4.74 Å². The monoisotopic (exact) mass is 247 g/mol. The number of ether oxygens (including phenoxy) is 1. The Morgan fingerprint density at radius 1 is 1.24 bits per heavy atom. The number of nitrogens with one attached hydrogen (secondary N) is 1. The van der Waals surface area contributed by atoms with Crippen molar-refractivity contribution < 1.29 is 13.5 Å². The molecule has 0 radical (unpaired) electrons. The second-order valence-corrected chi connectivity index (χ2v) is 5.91. The first-order chi connectivity index (χ1) is 7.94. The summed E-state index contributed by atoms with van der Waals surface area (Å²) in [6, 6.07) is 0.243. The van der Waals surface area contributed by atoms with E-state index >= 15 is 0 Å². The lowest BCUT2D eigenvalue weighted by molar-refractivity contribution is -0.163. The van der Waals surface area contributed by atoms with Gasteiger partial charge in [-0.2, -0.15) is 0 Å². The van der Waals surface area contributed by atoms with E-state index in [1.165, 1.54) is 0 Å². The molecule has 17 heavy (non-hydrogen) atoms. The lowest BCUT2D eigenvalue weighted by Gasteiger charge is -2.48. The van der Waals surface area contributed by atoms with Crippen molar-refractivity contribution in [1.82, 2.24) is 5.32 Å². The minimum atomic E-state index is -2.48. The van der Waals surface area contributed by atoms with Crippen molar-refractivity contribution >= 4 is 0 Å². The second-order valence-electron chi connectivity index (χ2n) is 5.91. The molecule has 1 aliphatic carbocycles. The largest absolute Gasteiger partial charge is 0.372 e. The summed E-state index contributed by atoms with van der Waals surface area (Å²) in [7, 11) is 0. The van der Waals surface area contributed by atoms with Gasteiger partial charge < -0.3 is 10.1 Å². The highest BCUT2D eigenvalue weighted by atomic mass is 19.3. The van der Waals surface area contributed by atoms with Gasteiger partial charge in [-0.15, -0.1) is 0 Å². The fraction of sp³-hybridized carbons (Fsp3) is 1.00. The Hall–Kier alpha value is -0.220. The van der Waals surface area contributed by atoms with E-state index in [-0.39, 0.29) is 24.5 Å². The van der Waals surface area contributed by atoms with E-state index in [0.717, 1.165) is 13.0 Å². The maximum atomic E-state index is 13.3. The Morgan fingerprint density at radius 3 is 2.47 bits per heavy atom. The molecule has 2 aliphatic rings. The maximum absolute atomic E-state index is 13.3. The molecule has 0 aromatic carbocycles. The highest BCUT2D eigenvalue weighted by molar-refractivity contribution is 5.00. The van der Waals surface area contributed by atoms with Crippen LogP contribution in [0.5, 0.6) is 0 Å². The third-order valence-corrected chi connectivity index (χ3v) is 4.05. The predicted molar refractivity (Wildman–Crippen MR) is 63.3 cm³/mol. The molecular weight excluding hydrogens is 224 g/mol. The summed E-state index contributed by atoms with van der Waals surface area (Å²) in [5.74, 6) is -1.91. The van der Waals surface area contributed by atoms with Crippen LogP contribution in [0.3, 0.4) is 0 Å². The van der Waals surface area contributed by atoms with Gasteiger partial charge in [-0.25, -0.2) is 8.78 Å². The number of alkyl halides is 2. The molecule has 0 aromatic rings. The Bertz CT molecular complexity index is 258. The van der Waals surface area contributed by atoms with Gasteiger partial charge in [0.25, 0.3) is 0 Å². The topological polar surface area (TPSA) is 21.3 Å². The van der Waals surface area contributed by atoms with Crippen LogP contribution in [0.15, 0.2) is 0 Å². The van der Waals surface area contributed by atoms with Crippen LogP contribution >= 0.6 is 0 Å². The van der Waals surface area contributed by atoms with Crippen molar-refractivity contribution in [3.05, 3.63) is 0 Å². The molecule has 1 heterocycles. The number of halogens is 2. The van der Waals surface area contributed by atoms with Gasteiger partial charge in [-0.05, 0) is 25.2 Å². The summed E-state index contributed by atoms with van der Waals surface area (Å²) in [4.78, 5) is 0. The van der Waals surface area contributed by atoms with Crippen molar-refractivity contribution in [3.8, 4) is 0 Å². The summed E-state index contributed by atoms with van der Waals surface area (Å²) in [6.45, 7) is 5.83. The molecule has 1 saturated carbocycles. The number of hydrogen-bond acceptors (Lipinski definition) is 2. The minimum Gasteiger partial charge on any atom is -0.372 e. The molecule has 2 nitrogen and oxygen atoms in total. The summed E-state index contributed by atoms with van der Waals surface area (Å²) in [6.07, 6.45) is 1.94. The first-order valence-electron chi connectivity index (χ1n) is 6.69. The van der Waals surface area contributed by atoms with E-state index in [1.807, 2.05) is 0 Å². The summed E-state index contributed by atoms with van der Waals surface area (Å²) >= 11 is 0. The predicted octanol–water partition coefficient (Wildman–Crippen LogP) is 2.97. The van der Waals surface area contributed by atoms with Crippen LogP contribution in [0, 0.1) is 5.92 Å². The van der Waals surface area contributed by atoms with Gasteiger partial charge in [0.1, 0.15) is 0 Å². The van der Waals surface area contributed by atoms with Crippen molar-refractivity contribution in [3.63, 3.8) is 0 Å². The molecule has 1 aliphatic heterocycles. The highest BCUT2D eigenvalue weighted by Crippen LogP contribution is 2.44. The quantitative estimate of drug-likeness (QED) is 0.810. The van der Waals surface area contributed by atoms with Gasteiger partial charge >= 0.3 is 0 Å². The van der Waals surface area contributed by atoms with Gasteiger partial charge in [0.05, 0.1) is 12.2 Å². The Morgan fingerprint density at radius 2 is 1.88 bits per heavy atom. The Kier molecular flexibility index (Phi) is 3.74. The standard InChI is InChI=1S/C13H23F2NO/c1-10(2)9-11-12(17-8-7-16-11)3-5-13(14,15)6-4-12/h10-11,16H,3-9H2,1-2H3. The Balaban J connectivity index is 2.05. The molecule has 1 N–H and O–H groups in total. The summed E-state index contributed by atoms with van der Waals surface area (Å²) in [5.41, 5.74) is -0.329. The molecule has 2 rings (SSSR count). The van der Waals surface area contributed by atoms with Gasteiger partial charge in [0.2, 0.25) is 5.92 Å². The van der Waals surface area contributed by atoms with Crippen molar-refractivity contribution in [1.29, 1.82) is 0 Å². The molecule has 2 fully saturated rings. The van der Waals surface area contributed by atoms with E-state index in [0.29, 0.717) is 25.4 Å². The van der Waals surface area contributed by atoms with Crippen LogP contribution in [-0.4, -0.2) is 30.7 Å². The average Bonchev–Trinajstić information content (AvgIpc) is 2.25. The van der Waals surface area contributed by atoms with Crippen molar-refractivity contribution in [2.45, 2.75) is 63.5 Å². The minimum absolute atomic E-state index is 0.0245. The first kappa shape index (κ1) is 13.2. The maximum Gasteiger partial charge on any atom is 0.248 e. The first-order valence-corrected chi connectivity index (χ1v) is 6.69. The van der Waals surface area contributed by atoms with E-state index < -0.39 is 5.92 Å². The normalized spacial score (nSPS) is 31.9. The van der Waals surface area contributed by atoms with E-state index in [1.54, 1.807) is 0 Å². The lowest BCUT2D eigenvalue weighted by atomic mass is 9.74. The molecule has 100 valence electrons. The molecule has 4 heteroatoms. The molecule has 1 unspecified atom stereocenters. The van der Waals surface area contributed by atoms with Crippen LogP contribution in [0.25, 0.3) is 0 Å². The molecule has 0 amide bonds. The average molecular weight is 247 g/mol. The van der Waals surface area contributed by atoms with E-state index in [9.17, 15) is 8.78 Å². The van der Waals surface area contributed by atoms with Crippen LogP contribution in [0.2, 0.25) is 0 Å². The van der Waals surface area contributed by atoms with Crippen LogP contribution in [0.1, 0.15) is 46.0 Å². The fourth-order valence-corrected chi connectivity index (χ4v) is 3.08. The third kappa shape index (κ3) is 2.97. The van der Waals surface area contributed by atoms with Crippen LogP contribution in [-0.2, 0) is 4.74 Å². The zero-order valence-corrected chi connectivity index (χ0v) is 10.8. The van der Waals surface area contributed by atoms with Crippen LogP contribution in [0.4, 0.5) is 8.78 Å². The van der Waals surface area contributed by atoms with Gasteiger partial charge in [-0.1, -0.05) is 13.8 Å². The Labute approximate surface area is 102 Å². The SMILES string of the molecule is CC(C)CC1NCCOC12CCC(F)(F)CC2.